The quantitative estimate of drug-likeness (QED) is 0.462. The summed E-state index contributed by atoms with van der Waals surface area (Å²) in [7, 11) is 0. The second kappa shape index (κ2) is 5.99. The third-order valence-electron chi connectivity index (χ3n) is 2.90. The van der Waals surface area contributed by atoms with Crippen LogP contribution in [0.4, 0.5) is 26.3 Å². The molecule has 0 radical (unpaired) electrons. The molecule has 1 aromatic heterocycles. The first-order valence-corrected chi connectivity index (χ1v) is 6.29. The normalized spacial score (nSPS) is 12.2. The van der Waals surface area contributed by atoms with Crippen molar-refractivity contribution < 1.29 is 31.1 Å². The molecule has 1 aromatic carbocycles. The van der Waals surface area contributed by atoms with Crippen molar-refractivity contribution in [2.24, 2.45) is 0 Å². The van der Waals surface area contributed by atoms with Crippen molar-refractivity contribution in [3.05, 3.63) is 35.5 Å². The molecule has 2 rings (SSSR count). The van der Waals surface area contributed by atoms with Crippen LogP contribution in [0.25, 0.3) is 10.9 Å². The van der Waals surface area contributed by atoms with Crippen molar-refractivity contribution in [2.75, 3.05) is 6.61 Å². The number of alkyl halides is 6. The molecule has 23 heavy (non-hydrogen) atoms. The molecule has 2 nitrogen and oxygen atoms in total. The first kappa shape index (κ1) is 16.9. The zero-order valence-electron chi connectivity index (χ0n) is 11.4. The number of para-hydroxylation sites is 1. The van der Waals surface area contributed by atoms with Crippen LogP contribution in [-0.2, 0) is 12.4 Å². The average molecular weight is 333 g/mol. The number of pyridine rings is 1. The van der Waals surface area contributed by atoms with E-state index in [0.717, 1.165) is 6.07 Å². The van der Waals surface area contributed by atoms with Crippen LogP contribution < -0.4 is 4.74 Å². The lowest BCUT2D eigenvalue weighted by atomic mass is 10.1. The highest BCUT2D eigenvalue weighted by Crippen LogP contribution is 2.39. The minimum atomic E-state index is -4.91. The van der Waals surface area contributed by atoms with Gasteiger partial charge in [0.05, 0.1) is 17.7 Å². The molecule has 122 valence electrons. The van der Waals surface area contributed by atoms with Gasteiger partial charge in [0.25, 0.3) is 0 Å². The van der Waals surface area contributed by atoms with Crippen LogP contribution in [0.5, 0.6) is 5.75 Å². The molecule has 0 aliphatic carbocycles. The lowest BCUT2D eigenvalue weighted by Gasteiger charge is -2.15. The van der Waals surface area contributed by atoms with Crippen molar-refractivity contribution in [2.45, 2.75) is 18.8 Å². The second-order valence-corrected chi connectivity index (χ2v) is 4.51. The van der Waals surface area contributed by atoms with Crippen molar-refractivity contribution in [3.8, 4) is 18.1 Å². The summed E-state index contributed by atoms with van der Waals surface area (Å²) in [6.07, 6.45) is -4.63. The summed E-state index contributed by atoms with van der Waals surface area (Å²) in [6, 6.07) is 3.52. The van der Waals surface area contributed by atoms with Gasteiger partial charge in [-0.05, 0) is 12.1 Å². The SMILES string of the molecule is C#CCCOc1cc(C(F)(F)F)nc2c(C(F)(F)F)cccc12. The van der Waals surface area contributed by atoms with Crippen molar-refractivity contribution in [1.82, 2.24) is 4.98 Å². The second-order valence-electron chi connectivity index (χ2n) is 4.51. The standard InChI is InChI=1S/C15H9F6NO/c1-2-3-7-23-11-8-12(15(19,20)21)22-13-9(11)5-4-6-10(13)14(16,17)18/h1,4-6,8H,3,7H2. The molecule has 0 atom stereocenters. The summed E-state index contributed by atoms with van der Waals surface area (Å²) < 4.78 is 82.7. The van der Waals surface area contributed by atoms with Crippen molar-refractivity contribution in [3.63, 3.8) is 0 Å². The van der Waals surface area contributed by atoms with E-state index >= 15 is 0 Å². The summed E-state index contributed by atoms with van der Waals surface area (Å²) in [4.78, 5) is 3.14. The topological polar surface area (TPSA) is 22.1 Å². The monoisotopic (exact) mass is 333 g/mol. The van der Waals surface area contributed by atoms with E-state index in [-0.39, 0.29) is 24.2 Å². The maximum Gasteiger partial charge on any atom is 0.433 e. The van der Waals surface area contributed by atoms with E-state index in [0.29, 0.717) is 12.1 Å². The Balaban J connectivity index is 2.71. The minimum absolute atomic E-state index is 0.101. The predicted molar refractivity (Wildman–Crippen MR) is 70.7 cm³/mol. The summed E-state index contributed by atoms with van der Waals surface area (Å²) in [6.45, 7) is -0.122. The highest BCUT2D eigenvalue weighted by atomic mass is 19.4. The predicted octanol–water partition coefficient (Wildman–Crippen LogP) is 4.67. The van der Waals surface area contributed by atoms with Gasteiger partial charge in [-0.2, -0.15) is 26.3 Å². The van der Waals surface area contributed by atoms with Crippen LogP contribution in [0.1, 0.15) is 17.7 Å². The van der Waals surface area contributed by atoms with Crippen LogP contribution in [0.3, 0.4) is 0 Å². The fraction of sp³-hybridized carbons (Fsp3) is 0.267. The third-order valence-corrected chi connectivity index (χ3v) is 2.90. The molecule has 0 saturated heterocycles. The summed E-state index contributed by atoms with van der Waals surface area (Å²) in [5, 5.41) is -0.162. The van der Waals surface area contributed by atoms with Crippen LogP contribution in [-0.4, -0.2) is 11.6 Å². The number of hydrogen-bond donors (Lipinski definition) is 0. The number of terminal acetylenes is 1. The van der Waals surface area contributed by atoms with Crippen LogP contribution in [0, 0.1) is 12.3 Å². The van der Waals surface area contributed by atoms with Crippen LogP contribution in [0.15, 0.2) is 24.3 Å². The zero-order valence-corrected chi connectivity index (χ0v) is 11.4. The lowest BCUT2D eigenvalue weighted by Crippen LogP contribution is -2.12. The molecule has 0 fully saturated rings. The Morgan fingerprint density at radius 3 is 2.35 bits per heavy atom. The van der Waals surface area contributed by atoms with Gasteiger partial charge in [-0.1, -0.05) is 6.07 Å². The van der Waals surface area contributed by atoms with Gasteiger partial charge in [0, 0.05) is 17.9 Å². The summed E-state index contributed by atoms with van der Waals surface area (Å²) in [5.41, 5.74) is -3.54. The fourth-order valence-electron chi connectivity index (χ4n) is 1.93. The van der Waals surface area contributed by atoms with Gasteiger partial charge >= 0.3 is 12.4 Å². The number of fused-ring (bicyclic) bond motifs is 1. The number of hydrogen-bond acceptors (Lipinski definition) is 2. The van der Waals surface area contributed by atoms with Gasteiger partial charge in [-0.25, -0.2) is 4.98 Å². The van der Waals surface area contributed by atoms with Gasteiger partial charge in [0.1, 0.15) is 11.4 Å². The Kier molecular flexibility index (Phi) is 4.41. The van der Waals surface area contributed by atoms with Crippen LogP contribution >= 0.6 is 0 Å². The highest BCUT2D eigenvalue weighted by molar-refractivity contribution is 5.88. The Hall–Kier alpha value is -2.43. The third kappa shape index (κ3) is 3.67. The molecule has 2 aromatic rings. The smallest absolute Gasteiger partial charge is 0.433 e. The lowest BCUT2D eigenvalue weighted by molar-refractivity contribution is -0.142. The minimum Gasteiger partial charge on any atom is -0.492 e. The average Bonchev–Trinajstić information content (AvgIpc) is 2.44. The summed E-state index contributed by atoms with van der Waals surface area (Å²) in [5.74, 6) is 1.88. The molecule has 1 heterocycles. The molecule has 0 saturated carbocycles. The van der Waals surface area contributed by atoms with Crippen LogP contribution in [0.2, 0.25) is 0 Å². The molecule has 8 heteroatoms. The van der Waals surface area contributed by atoms with E-state index in [9.17, 15) is 26.3 Å². The fourth-order valence-corrected chi connectivity index (χ4v) is 1.93. The van der Waals surface area contributed by atoms with E-state index in [1.54, 1.807) is 0 Å². The molecule has 0 spiro atoms. The van der Waals surface area contributed by atoms with E-state index < -0.39 is 29.1 Å². The van der Waals surface area contributed by atoms with Crippen molar-refractivity contribution >= 4 is 10.9 Å². The zero-order chi connectivity index (χ0) is 17.3. The summed E-state index contributed by atoms with van der Waals surface area (Å²) >= 11 is 0. The number of halogens is 6. The molecule has 0 aliphatic heterocycles. The number of aromatic nitrogens is 1. The number of ether oxygens (including phenoxy) is 1. The molecular formula is C15H9F6NO. The van der Waals surface area contributed by atoms with Gasteiger partial charge in [0.15, 0.2) is 0 Å². The van der Waals surface area contributed by atoms with Gasteiger partial charge in [-0.3, -0.25) is 0 Å². The highest BCUT2D eigenvalue weighted by Gasteiger charge is 2.37. The Bertz CT molecular complexity index is 757. The Morgan fingerprint density at radius 1 is 1.09 bits per heavy atom. The Labute approximate surface area is 127 Å². The maximum atomic E-state index is 13.0. The number of benzene rings is 1. The Morgan fingerprint density at radius 2 is 1.78 bits per heavy atom. The van der Waals surface area contributed by atoms with E-state index in [1.165, 1.54) is 6.07 Å². The van der Waals surface area contributed by atoms with E-state index in [2.05, 4.69) is 10.9 Å². The molecule has 0 bridgehead atoms. The van der Waals surface area contributed by atoms with E-state index in [4.69, 9.17) is 11.2 Å². The van der Waals surface area contributed by atoms with Gasteiger partial charge < -0.3 is 4.74 Å². The van der Waals surface area contributed by atoms with Gasteiger partial charge in [-0.15, -0.1) is 12.3 Å². The molecular weight excluding hydrogens is 324 g/mol. The number of rotatable bonds is 3. The van der Waals surface area contributed by atoms with E-state index in [1.807, 2.05) is 0 Å². The first-order valence-electron chi connectivity index (χ1n) is 6.29. The largest absolute Gasteiger partial charge is 0.492 e. The van der Waals surface area contributed by atoms with Gasteiger partial charge in [0.2, 0.25) is 0 Å². The maximum absolute atomic E-state index is 13.0. The molecule has 0 N–H and O–H groups in total. The molecule has 0 aliphatic rings. The molecule has 0 unspecified atom stereocenters. The molecule has 0 amide bonds. The van der Waals surface area contributed by atoms with Crippen molar-refractivity contribution in [1.29, 1.82) is 0 Å². The number of nitrogens with zero attached hydrogens (tertiary/aromatic N) is 1. The first-order chi connectivity index (χ1) is 10.6.